The van der Waals surface area contributed by atoms with E-state index in [9.17, 15) is 15.0 Å². The van der Waals surface area contributed by atoms with Gasteiger partial charge in [-0.25, -0.2) is 0 Å². The molecule has 3 heteroatoms. The first kappa shape index (κ1) is 19.9. The second kappa shape index (κ2) is 7.13. The third-order valence-corrected chi connectivity index (χ3v) is 10.2. The first-order valence-corrected chi connectivity index (χ1v) is 11.6. The molecule has 4 fully saturated rings. The van der Waals surface area contributed by atoms with E-state index in [1.54, 1.807) is 0 Å². The van der Waals surface area contributed by atoms with Crippen LogP contribution in [0.25, 0.3) is 0 Å². The molecule has 0 aliphatic heterocycles. The van der Waals surface area contributed by atoms with Gasteiger partial charge in [-0.15, -0.1) is 0 Å². The van der Waals surface area contributed by atoms with Crippen molar-refractivity contribution in [3.05, 3.63) is 0 Å². The summed E-state index contributed by atoms with van der Waals surface area (Å²) in [6, 6.07) is 0. The zero-order valence-electron chi connectivity index (χ0n) is 17.6. The molecule has 4 aliphatic rings. The standard InChI is InChI=1S/C24H40O3/c1-15(5-4-12-25)18-6-7-19-22-20(9-11-24(18,19)3)23(2)10-8-17(26)13-16(23)14-21(22)27/h12,15-22,26-27H,4-11,13-14H2,1-3H3/t15-,16?,17-,18-,19+,20+,21+,22+,23+,24-/m1/s1. The van der Waals surface area contributed by atoms with Gasteiger partial charge in [0.2, 0.25) is 0 Å². The Morgan fingerprint density at radius 1 is 1.00 bits per heavy atom. The van der Waals surface area contributed by atoms with E-state index in [2.05, 4.69) is 20.8 Å². The van der Waals surface area contributed by atoms with Crippen molar-refractivity contribution in [2.24, 2.45) is 46.3 Å². The highest BCUT2D eigenvalue weighted by Crippen LogP contribution is 2.68. The predicted molar refractivity (Wildman–Crippen MR) is 107 cm³/mol. The first-order valence-electron chi connectivity index (χ1n) is 11.6. The lowest BCUT2D eigenvalue weighted by atomic mass is 9.43. The summed E-state index contributed by atoms with van der Waals surface area (Å²) >= 11 is 0. The van der Waals surface area contributed by atoms with Gasteiger partial charge in [0, 0.05) is 6.42 Å². The first-order chi connectivity index (χ1) is 12.8. The average Bonchev–Trinajstić information content (AvgIpc) is 2.98. The molecule has 154 valence electrons. The van der Waals surface area contributed by atoms with Crippen LogP contribution < -0.4 is 0 Å². The Hall–Kier alpha value is -0.410. The molecule has 3 nitrogen and oxygen atoms in total. The summed E-state index contributed by atoms with van der Waals surface area (Å²) in [6.45, 7) is 7.34. The number of aliphatic hydroxyl groups excluding tert-OH is 2. The Balaban J connectivity index is 1.58. The number of aliphatic hydroxyl groups is 2. The minimum Gasteiger partial charge on any atom is -0.393 e. The predicted octanol–water partition coefficient (Wildman–Crippen LogP) is 4.59. The third-order valence-electron chi connectivity index (χ3n) is 10.2. The largest absolute Gasteiger partial charge is 0.393 e. The molecule has 2 N–H and O–H groups in total. The van der Waals surface area contributed by atoms with E-state index >= 15 is 0 Å². The van der Waals surface area contributed by atoms with Crippen molar-refractivity contribution in [2.45, 2.75) is 97.2 Å². The van der Waals surface area contributed by atoms with Crippen molar-refractivity contribution >= 4 is 6.29 Å². The molecule has 0 aromatic heterocycles. The Kier molecular flexibility index (Phi) is 5.25. The van der Waals surface area contributed by atoms with Crippen molar-refractivity contribution in [3.63, 3.8) is 0 Å². The molecule has 0 bridgehead atoms. The van der Waals surface area contributed by atoms with Crippen molar-refractivity contribution in [3.8, 4) is 0 Å². The quantitative estimate of drug-likeness (QED) is 0.706. The van der Waals surface area contributed by atoms with E-state index in [1.807, 2.05) is 0 Å². The second-order valence-electron chi connectivity index (χ2n) is 11.2. The number of hydrogen-bond acceptors (Lipinski definition) is 3. The summed E-state index contributed by atoms with van der Waals surface area (Å²) in [7, 11) is 0. The van der Waals surface area contributed by atoms with E-state index in [1.165, 1.54) is 25.7 Å². The van der Waals surface area contributed by atoms with Crippen LogP contribution in [0.3, 0.4) is 0 Å². The lowest BCUT2D eigenvalue weighted by Crippen LogP contribution is -2.58. The fourth-order valence-corrected chi connectivity index (χ4v) is 8.71. The second-order valence-corrected chi connectivity index (χ2v) is 11.2. The Bertz CT molecular complexity index is 562. The SMILES string of the molecule is C[C@H](CCC=O)[C@H]1CC[C@H]2[C@@H]3[C@@H](O)CC4C[C@H](O)CC[C@]4(C)[C@H]3CC[C@]12C. The number of hydrogen-bond donors (Lipinski definition) is 2. The van der Waals surface area contributed by atoms with E-state index in [-0.39, 0.29) is 12.2 Å². The molecule has 4 rings (SSSR count). The van der Waals surface area contributed by atoms with Gasteiger partial charge in [-0.05, 0) is 104 Å². The number of fused-ring (bicyclic) bond motifs is 5. The van der Waals surface area contributed by atoms with Crippen LogP contribution >= 0.6 is 0 Å². The minimum absolute atomic E-state index is 0.157. The lowest BCUT2D eigenvalue weighted by Gasteiger charge is -2.62. The smallest absolute Gasteiger partial charge is 0.120 e. The number of aldehydes is 1. The Labute approximate surface area is 165 Å². The number of carbonyl (C=O) groups excluding carboxylic acids is 1. The van der Waals surface area contributed by atoms with E-state index in [4.69, 9.17) is 0 Å². The van der Waals surface area contributed by atoms with Crippen LogP contribution in [-0.4, -0.2) is 28.7 Å². The summed E-state index contributed by atoms with van der Waals surface area (Å²) in [6.07, 6.45) is 11.4. The van der Waals surface area contributed by atoms with Gasteiger partial charge in [-0.2, -0.15) is 0 Å². The minimum atomic E-state index is -0.188. The summed E-state index contributed by atoms with van der Waals surface area (Å²) in [5.41, 5.74) is 0.646. The number of carbonyl (C=O) groups is 1. The zero-order chi connectivity index (χ0) is 19.4. The fraction of sp³-hybridized carbons (Fsp3) is 0.958. The van der Waals surface area contributed by atoms with Gasteiger partial charge in [0.15, 0.2) is 0 Å². The van der Waals surface area contributed by atoms with Gasteiger partial charge in [0.1, 0.15) is 6.29 Å². The molecule has 4 saturated carbocycles. The molecule has 27 heavy (non-hydrogen) atoms. The fourth-order valence-electron chi connectivity index (χ4n) is 8.71. The molecule has 1 unspecified atom stereocenters. The molecule has 0 heterocycles. The third kappa shape index (κ3) is 3.03. The van der Waals surface area contributed by atoms with Crippen LogP contribution in [0.5, 0.6) is 0 Å². The Morgan fingerprint density at radius 2 is 1.70 bits per heavy atom. The molecule has 0 aromatic rings. The van der Waals surface area contributed by atoms with Crippen molar-refractivity contribution in [1.82, 2.24) is 0 Å². The van der Waals surface area contributed by atoms with Crippen LogP contribution in [0.2, 0.25) is 0 Å². The molecule has 0 aromatic carbocycles. The van der Waals surface area contributed by atoms with Crippen molar-refractivity contribution in [1.29, 1.82) is 0 Å². The van der Waals surface area contributed by atoms with Gasteiger partial charge in [-0.1, -0.05) is 20.8 Å². The molecular weight excluding hydrogens is 336 g/mol. The highest BCUT2D eigenvalue weighted by Gasteiger charge is 2.62. The van der Waals surface area contributed by atoms with E-state index in [0.29, 0.717) is 52.8 Å². The van der Waals surface area contributed by atoms with E-state index in [0.717, 1.165) is 38.4 Å². The lowest BCUT2D eigenvalue weighted by molar-refractivity contribution is -0.174. The van der Waals surface area contributed by atoms with Crippen LogP contribution in [0.15, 0.2) is 0 Å². The summed E-state index contributed by atoms with van der Waals surface area (Å²) in [5.74, 6) is 3.51. The topological polar surface area (TPSA) is 57.5 Å². The van der Waals surface area contributed by atoms with Crippen LogP contribution in [0.1, 0.15) is 85.0 Å². The highest BCUT2D eigenvalue weighted by molar-refractivity contribution is 5.49. The molecular formula is C24H40O3. The normalized spacial score (nSPS) is 53.1. The molecule has 0 amide bonds. The van der Waals surface area contributed by atoms with Crippen molar-refractivity contribution in [2.75, 3.05) is 0 Å². The average molecular weight is 377 g/mol. The summed E-state index contributed by atoms with van der Waals surface area (Å²) in [5, 5.41) is 21.4. The van der Waals surface area contributed by atoms with Crippen LogP contribution in [-0.2, 0) is 4.79 Å². The van der Waals surface area contributed by atoms with E-state index < -0.39 is 0 Å². The maximum Gasteiger partial charge on any atom is 0.120 e. The number of rotatable bonds is 4. The van der Waals surface area contributed by atoms with Crippen molar-refractivity contribution < 1.29 is 15.0 Å². The molecule has 0 radical (unpaired) electrons. The zero-order valence-corrected chi connectivity index (χ0v) is 17.6. The maximum absolute atomic E-state index is 11.2. The van der Waals surface area contributed by atoms with Gasteiger partial charge < -0.3 is 15.0 Å². The van der Waals surface area contributed by atoms with Crippen LogP contribution in [0.4, 0.5) is 0 Å². The van der Waals surface area contributed by atoms with Crippen LogP contribution in [0, 0.1) is 46.3 Å². The molecule has 10 atom stereocenters. The van der Waals surface area contributed by atoms with Gasteiger partial charge >= 0.3 is 0 Å². The summed E-state index contributed by atoms with van der Waals surface area (Å²) in [4.78, 5) is 10.9. The summed E-state index contributed by atoms with van der Waals surface area (Å²) < 4.78 is 0. The van der Waals surface area contributed by atoms with Gasteiger partial charge in [0.25, 0.3) is 0 Å². The molecule has 4 aliphatic carbocycles. The molecule has 0 saturated heterocycles. The Morgan fingerprint density at radius 3 is 2.44 bits per heavy atom. The molecule has 0 spiro atoms. The highest BCUT2D eigenvalue weighted by atomic mass is 16.3. The van der Waals surface area contributed by atoms with Gasteiger partial charge in [0.05, 0.1) is 12.2 Å². The monoisotopic (exact) mass is 376 g/mol. The van der Waals surface area contributed by atoms with Gasteiger partial charge in [-0.3, -0.25) is 0 Å². The maximum atomic E-state index is 11.2.